The van der Waals surface area contributed by atoms with Crippen molar-refractivity contribution in [3.63, 3.8) is 0 Å². The number of carbonyl (C=O) groups is 2. The number of nitrogens with one attached hydrogen (secondary N) is 1. The fourth-order valence-electron chi connectivity index (χ4n) is 2.88. The lowest BCUT2D eigenvalue weighted by Crippen LogP contribution is -2.40. The predicted molar refractivity (Wildman–Crippen MR) is 102 cm³/mol. The number of anilines is 2. The first kappa shape index (κ1) is 17.9. The van der Waals surface area contributed by atoms with Gasteiger partial charge in [0, 0.05) is 38.3 Å². The van der Waals surface area contributed by atoms with Gasteiger partial charge in [0.25, 0.3) is 11.8 Å². The molecule has 1 aliphatic rings. The fraction of sp³-hybridized carbons (Fsp3) is 0.300. The first-order valence-electron chi connectivity index (χ1n) is 8.61. The lowest BCUT2D eigenvalue weighted by atomic mass is 10.1. The minimum Gasteiger partial charge on any atom is -0.378 e. The van der Waals surface area contributed by atoms with Gasteiger partial charge in [-0.3, -0.25) is 9.59 Å². The largest absolute Gasteiger partial charge is 0.378 e. The molecule has 1 saturated heterocycles. The number of rotatable bonds is 4. The van der Waals surface area contributed by atoms with Crippen molar-refractivity contribution in [3.8, 4) is 0 Å². The van der Waals surface area contributed by atoms with Crippen molar-refractivity contribution in [1.82, 2.24) is 4.90 Å². The predicted octanol–water partition coefficient (Wildman–Crippen LogP) is 2.48. The Labute approximate surface area is 153 Å². The minimum atomic E-state index is -0.204. The summed E-state index contributed by atoms with van der Waals surface area (Å²) in [6, 6.07) is 14.4. The molecule has 2 amide bonds. The molecule has 0 radical (unpaired) electrons. The lowest BCUT2D eigenvalue weighted by Gasteiger charge is -2.26. The molecule has 1 aliphatic heterocycles. The molecule has 1 fully saturated rings. The van der Waals surface area contributed by atoms with Gasteiger partial charge in [0.1, 0.15) is 0 Å². The fourth-order valence-corrected chi connectivity index (χ4v) is 2.88. The van der Waals surface area contributed by atoms with Crippen molar-refractivity contribution in [2.45, 2.75) is 0 Å². The van der Waals surface area contributed by atoms with Crippen molar-refractivity contribution < 1.29 is 14.3 Å². The summed E-state index contributed by atoms with van der Waals surface area (Å²) in [5.74, 6) is -0.233. The number of nitrogens with zero attached hydrogens (tertiary/aromatic N) is 2. The molecule has 1 heterocycles. The quantitative estimate of drug-likeness (QED) is 0.917. The molecule has 0 aliphatic carbocycles. The highest BCUT2D eigenvalue weighted by molar-refractivity contribution is 6.06. The van der Waals surface area contributed by atoms with Crippen LogP contribution in [0.2, 0.25) is 0 Å². The number of amides is 2. The summed E-state index contributed by atoms with van der Waals surface area (Å²) < 4.78 is 5.27. The summed E-state index contributed by atoms with van der Waals surface area (Å²) in [7, 11) is 3.86. The van der Waals surface area contributed by atoms with Gasteiger partial charge in [-0.25, -0.2) is 0 Å². The smallest absolute Gasteiger partial charge is 0.255 e. The van der Waals surface area contributed by atoms with E-state index in [1.165, 1.54) is 0 Å². The third kappa shape index (κ3) is 4.03. The molecule has 2 aromatic rings. The minimum absolute atomic E-state index is 0.0294. The Hall–Kier alpha value is -2.86. The molecule has 0 spiro atoms. The third-order valence-corrected chi connectivity index (χ3v) is 4.33. The number of benzene rings is 2. The third-order valence-electron chi connectivity index (χ3n) is 4.33. The summed E-state index contributed by atoms with van der Waals surface area (Å²) in [4.78, 5) is 28.7. The van der Waals surface area contributed by atoms with E-state index in [9.17, 15) is 9.59 Å². The van der Waals surface area contributed by atoms with E-state index in [2.05, 4.69) is 5.32 Å². The molecule has 0 atom stereocenters. The molecule has 0 saturated carbocycles. The van der Waals surface area contributed by atoms with Gasteiger partial charge in [-0.15, -0.1) is 0 Å². The highest BCUT2D eigenvalue weighted by atomic mass is 16.5. The first-order valence-corrected chi connectivity index (χ1v) is 8.61. The van der Waals surface area contributed by atoms with Crippen molar-refractivity contribution in [2.75, 3.05) is 50.6 Å². The van der Waals surface area contributed by atoms with E-state index in [-0.39, 0.29) is 11.8 Å². The molecule has 3 rings (SSSR count). The molecule has 0 aromatic heterocycles. The van der Waals surface area contributed by atoms with Gasteiger partial charge in [-0.2, -0.15) is 0 Å². The Morgan fingerprint density at radius 3 is 2.23 bits per heavy atom. The molecule has 26 heavy (non-hydrogen) atoms. The van der Waals surface area contributed by atoms with E-state index in [4.69, 9.17) is 4.74 Å². The maximum atomic E-state index is 12.5. The molecular formula is C20H23N3O3. The molecule has 6 nitrogen and oxygen atoms in total. The van der Waals surface area contributed by atoms with E-state index in [1.807, 2.05) is 43.3 Å². The Kier molecular flexibility index (Phi) is 5.53. The van der Waals surface area contributed by atoms with Gasteiger partial charge in [0.15, 0.2) is 0 Å². The maximum absolute atomic E-state index is 12.5. The monoisotopic (exact) mass is 353 g/mol. The van der Waals surface area contributed by atoms with Crippen LogP contribution >= 0.6 is 0 Å². The second kappa shape index (κ2) is 8.01. The van der Waals surface area contributed by atoms with Crippen LogP contribution in [-0.4, -0.2) is 57.1 Å². The molecule has 6 heteroatoms. The number of para-hydroxylation sites is 2. The van der Waals surface area contributed by atoms with Crippen LogP contribution in [0.4, 0.5) is 11.4 Å². The molecule has 2 aromatic carbocycles. The van der Waals surface area contributed by atoms with Gasteiger partial charge in [-0.05, 0) is 36.4 Å². The van der Waals surface area contributed by atoms with E-state index in [1.54, 1.807) is 29.2 Å². The van der Waals surface area contributed by atoms with Crippen LogP contribution in [0.3, 0.4) is 0 Å². The van der Waals surface area contributed by atoms with E-state index in [0.29, 0.717) is 37.4 Å². The zero-order valence-corrected chi connectivity index (χ0v) is 15.1. The van der Waals surface area contributed by atoms with Crippen molar-refractivity contribution in [3.05, 3.63) is 59.7 Å². The Morgan fingerprint density at radius 1 is 0.962 bits per heavy atom. The number of ether oxygens (including phenoxy) is 1. The summed E-state index contributed by atoms with van der Waals surface area (Å²) in [5, 5.41) is 2.93. The van der Waals surface area contributed by atoms with Crippen LogP contribution in [0.25, 0.3) is 0 Å². The number of morpholine rings is 1. The second-order valence-corrected chi connectivity index (χ2v) is 6.35. The maximum Gasteiger partial charge on any atom is 0.255 e. The zero-order chi connectivity index (χ0) is 18.5. The number of hydrogen-bond acceptors (Lipinski definition) is 4. The van der Waals surface area contributed by atoms with Crippen LogP contribution < -0.4 is 10.2 Å². The van der Waals surface area contributed by atoms with Crippen LogP contribution in [0.5, 0.6) is 0 Å². The molecule has 0 unspecified atom stereocenters. The summed E-state index contributed by atoms with van der Waals surface area (Å²) in [6.07, 6.45) is 0. The number of carbonyl (C=O) groups excluding carboxylic acids is 2. The van der Waals surface area contributed by atoms with E-state index >= 15 is 0 Å². The zero-order valence-electron chi connectivity index (χ0n) is 15.1. The van der Waals surface area contributed by atoms with Gasteiger partial charge in [0.05, 0.1) is 24.6 Å². The van der Waals surface area contributed by atoms with Gasteiger partial charge in [0.2, 0.25) is 0 Å². The van der Waals surface area contributed by atoms with E-state index < -0.39 is 0 Å². The Bertz CT molecular complexity index is 781. The summed E-state index contributed by atoms with van der Waals surface area (Å²) >= 11 is 0. The van der Waals surface area contributed by atoms with Crippen LogP contribution in [0, 0.1) is 0 Å². The molecular weight excluding hydrogens is 330 g/mol. The van der Waals surface area contributed by atoms with Gasteiger partial charge in [-0.1, -0.05) is 12.1 Å². The van der Waals surface area contributed by atoms with Gasteiger partial charge < -0.3 is 19.9 Å². The first-order chi connectivity index (χ1) is 12.6. The van der Waals surface area contributed by atoms with Crippen molar-refractivity contribution in [1.29, 1.82) is 0 Å². The lowest BCUT2D eigenvalue weighted by molar-refractivity contribution is 0.0303. The molecule has 136 valence electrons. The van der Waals surface area contributed by atoms with Crippen LogP contribution in [0.1, 0.15) is 20.7 Å². The summed E-state index contributed by atoms with van der Waals surface area (Å²) in [5.41, 5.74) is 2.77. The normalized spacial score (nSPS) is 14.0. The Morgan fingerprint density at radius 2 is 1.58 bits per heavy atom. The SMILES string of the molecule is CN(C)c1ccccc1NC(=O)c1ccc(C(=O)N2CCOCC2)cc1. The number of hydrogen-bond donors (Lipinski definition) is 1. The van der Waals surface area contributed by atoms with E-state index in [0.717, 1.165) is 11.4 Å². The molecule has 1 N–H and O–H groups in total. The Balaban J connectivity index is 1.70. The average molecular weight is 353 g/mol. The standard InChI is InChI=1S/C20H23N3O3/c1-22(2)18-6-4-3-5-17(18)21-19(24)15-7-9-16(10-8-15)20(25)23-11-13-26-14-12-23/h3-10H,11-14H2,1-2H3,(H,21,24). The molecule has 0 bridgehead atoms. The summed E-state index contributed by atoms with van der Waals surface area (Å²) in [6.45, 7) is 2.33. The van der Waals surface area contributed by atoms with Crippen LogP contribution in [-0.2, 0) is 4.74 Å². The average Bonchev–Trinajstić information content (AvgIpc) is 2.68. The second-order valence-electron chi connectivity index (χ2n) is 6.35. The van der Waals surface area contributed by atoms with Crippen molar-refractivity contribution in [2.24, 2.45) is 0 Å². The highest BCUT2D eigenvalue weighted by Gasteiger charge is 2.19. The van der Waals surface area contributed by atoms with Crippen molar-refractivity contribution >= 4 is 23.2 Å². The van der Waals surface area contributed by atoms with Gasteiger partial charge >= 0.3 is 0 Å². The van der Waals surface area contributed by atoms with Crippen LogP contribution in [0.15, 0.2) is 48.5 Å². The topological polar surface area (TPSA) is 61.9 Å². The highest BCUT2D eigenvalue weighted by Crippen LogP contribution is 2.24.